The van der Waals surface area contributed by atoms with Crippen molar-refractivity contribution >= 4 is 21.9 Å². The average Bonchev–Trinajstić information content (AvgIpc) is 2.37. The number of hydrogen-bond donors (Lipinski definition) is 1. The van der Waals surface area contributed by atoms with Crippen LogP contribution in [0.15, 0.2) is 51.9 Å². The smallest absolute Gasteiger partial charge is 0.337 e. The predicted molar refractivity (Wildman–Crippen MR) is 72.1 cm³/mol. The summed E-state index contributed by atoms with van der Waals surface area (Å²) in [5.74, 6) is -1.11. The minimum atomic E-state index is -1.11. The second kappa shape index (κ2) is 5.71. The van der Waals surface area contributed by atoms with Gasteiger partial charge in [0.05, 0.1) is 11.8 Å². The minimum absolute atomic E-state index is 0.00570. The molecule has 0 unspecified atom stereocenters. The molecule has 19 heavy (non-hydrogen) atoms. The zero-order valence-electron chi connectivity index (χ0n) is 9.75. The average molecular weight is 324 g/mol. The van der Waals surface area contributed by atoms with Crippen molar-refractivity contribution < 1.29 is 14.7 Å². The fraction of sp³-hybridized carbons (Fsp3) is 0.0769. The Labute approximate surface area is 117 Å². The third-order valence-electron chi connectivity index (χ3n) is 2.39. The van der Waals surface area contributed by atoms with Crippen molar-refractivity contribution in [3.8, 4) is 0 Å². The van der Waals surface area contributed by atoms with Crippen LogP contribution in [0, 0.1) is 0 Å². The summed E-state index contributed by atoms with van der Waals surface area (Å²) in [6, 6.07) is 9.82. The number of nitrogens with zero attached hydrogens (tertiary/aromatic N) is 1. The monoisotopic (exact) mass is 323 g/mol. The van der Waals surface area contributed by atoms with Crippen LogP contribution in [-0.4, -0.2) is 15.8 Å². The molecule has 2 rings (SSSR count). The fourth-order valence-electron chi connectivity index (χ4n) is 1.47. The molecule has 98 valence electrons. The zero-order valence-corrected chi connectivity index (χ0v) is 11.3. The molecule has 0 radical (unpaired) electrons. The highest BCUT2D eigenvalue weighted by Gasteiger charge is 2.06. The summed E-state index contributed by atoms with van der Waals surface area (Å²) >= 11 is 3.33. The molecule has 0 aliphatic carbocycles. The molecule has 1 heterocycles. The van der Waals surface area contributed by atoms with Gasteiger partial charge in [-0.2, -0.15) is 4.73 Å². The molecule has 0 aliphatic rings. The number of aromatic nitrogens is 1. The van der Waals surface area contributed by atoms with Crippen molar-refractivity contribution in [3.05, 3.63) is 68.5 Å². The summed E-state index contributed by atoms with van der Waals surface area (Å²) < 4.78 is 1.82. The van der Waals surface area contributed by atoms with Gasteiger partial charge < -0.3 is 9.94 Å². The molecule has 0 saturated carbocycles. The molecule has 0 saturated heterocycles. The van der Waals surface area contributed by atoms with Crippen LogP contribution in [0.5, 0.6) is 0 Å². The highest BCUT2D eigenvalue weighted by atomic mass is 79.9. The van der Waals surface area contributed by atoms with Gasteiger partial charge in [-0.1, -0.05) is 28.1 Å². The van der Waals surface area contributed by atoms with Crippen LogP contribution in [0.1, 0.15) is 15.9 Å². The first kappa shape index (κ1) is 13.4. The molecule has 0 fully saturated rings. The number of pyridine rings is 1. The van der Waals surface area contributed by atoms with E-state index in [0.717, 1.165) is 27.0 Å². The van der Waals surface area contributed by atoms with Crippen molar-refractivity contribution in [2.45, 2.75) is 6.61 Å². The lowest BCUT2D eigenvalue weighted by atomic mass is 10.2. The summed E-state index contributed by atoms with van der Waals surface area (Å²) in [6.07, 6.45) is 1.16. The second-order valence-corrected chi connectivity index (χ2v) is 4.71. The summed E-state index contributed by atoms with van der Waals surface area (Å²) in [4.78, 5) is 27.6. The van der Waals surface area contributed by atoms with Crippen LogP contribution in [0.4, 0.5) is 0 Å². The number of aromatic carboxylic acids is 1. The van der Waals surface area contributed by atoms with Crippen LogP contribution in [0.25, 0.3) is 0 Å². The largest absolute Gasteiger partial charge is 0.478 e. The Bertz CT molecular complexity index is 666. The predicted octanol–water partition coefficient (Wildman–Crippen LogP) is 1.94. The Morgan fingerprint density at radius 2 is 2.11 bits per heavy atom. The van der Waals surface area contributed by atoms with E-state index in [1.807, 2.05) is 24.3 Å². The first-order valence-corrected chi connectivity index (χ1v) is 6.19. The highest BCUT2D eigenvalue weighted by Crippen LogP contribution is 2.11. The van der Waals surface area contributed by atoms with E-state index >= 15 is 0 Å². The Morgan fingerprint density at radius 1 is 1.32 bits per heavy atom. The van der Waals surface area contributed by atoms with Gasteiger partial charge in [-0.25, -0.2) is 4.79 Å². The Morgan fingerprint density at radius 3 is 2.79 bits per heavy atom. The normalized spacial score (nSPS) is 10.2. The molecule has 0 atom stereocenters. The maximum absolute atomic E-state index is 11.5. The molecule has 1 aromatic carbocycles. The van der Waals surface area contributed by atoms with Crippen molar-refractivity contribution in [3.63, 3.8) is 0 Å². The van der Waals surface area contributed by atoms with E-state index in [1.165, 1.54) is 6.07 Å². The van der Waals surface area contributed by atoms with Crippen LogP contribution < -0.4 is 10.4 Å². The van der Waals surface area contributed by atoms with E-state index in [4.69, 9.17) is 9.94 Å². The maximum atomic E-state index is 11.5. The molecule has 0 aliphatic heterocycles. The van der Waals surface area contributed by atoms with Gasteiger partial charge in [-0.15, -0.1) is 0 Å². The summed E-state index contributed by atoms with van der Waals surface area (Å²) in [6.45, 7) is 0.169. The molecular weight excluding hydrogens is 314 g/mol. The van der Waals surface area contributed by atoms with Gasteiger partial charge in [0.15, 0.2) is 0 Å². The molecule has 0 spiro atoms. The van der Waals surface area contributed by atoms with E-state index in [0.29, 0.717) is 0 Å². The number of carbonyl (C=O) groups is 1. The van der Waals surface area contributed by atoms with Crippen molar-refractivity contribution in [2.75, 3.05) is 0 Å². The third kappa shape index (κ3) is 3.45. The van der Waals surface area contributed by atoms with Gasteiger partial charge in [-0.3, -0.25) is 4.79 Å². The van der Waals surface area contributed by atoms with E-state index in [2.05, 4.69) is 15.9 Å². The highest BCUT2D eigenvalue weighted by molar-refractivity contribution is 9.10. The van der Waals surface area contributed by atoms with Gasteiger partial charge >= 0.3 is 5.97 Å². The topological polar surface area (TPSA) is 68.5 Å². The van der Waals surface area contributed by atoms with Gasteiger partial charge in [0.25, 0.3) is 5.56 Å². The molecule has 0 amide bonds. The first-order chi connectivity index (χ1) is 9.06. The van der Waals surface area contributed by atoms with E-state index < -0.39 is 11.5 Å². The van der Waals surface area contributed by atoms with Gasteiger partial charge in [-0.05, 0) is 23.8 Å². The summed E-state index contributed by atoms with van der Waals surface area (Å²) in [5.41, 5.74) is 0.441. The van der Waals surface area contributed by atoms with E-state index in [-0.39, 0.29) is 12.2 Å². The number of carboxylic acids is 1. The van der Waals surface area contributed by atoms with Crippen LogP contribution in [0.2, 0.25) is 0 Å². The van der Waals surface area contributed by atoms with Gasteiger partial charge in [0, 0.05) is 10.5 Å². The van der Waals surface area contributed by atoms with Gasteiger partial charge in [0.2, 0.25) is 0 Å². The fourth-order valence-corrected chi connectivity index (χ4v) is 1.91. The zero-order chi connectivity index (χ0) is 13.8. The number of hydrogen-bond acceptors (Lipinski definition) is 3. The lowest BCUT2D eigenvalue weighted by Gasteiger charge is -2.09. The standard InChI is InChI=1S/C13H10BrNO4/c14-11-3-1-2-9(6-11)8-19-15-7-10(13(17)18)4-5-12(15)16/h1-7H,8H2,(H,17,18). The maximum Gasteiger partial charge on any atom is 0.337 e. The SMILES string of the molecule is O=C(O)c1ccc(=O)n(OCc2cccc(Br)c2)c1. The number of carboxylic acid groups (broad SMARTS) is 1. The van der Waals surface area contributed by atoms with Crippen LogP contribution >= 0.6 is 15.9 Å². The summed E-state index contributed by atoms with van der Waals surface area (Å²) in [7, 11) is 0. The number of halogens is 1. The Balaban J connectivity index is 2.17. The second-order valence-electron chi connectivity index (χ2n) is 3.79. The minimum Gasteiger partial charge on any atom is -0.478 e. The Kier molecular flexibility index (Phi) is 4.01. The van der Waals surface area contributed by atoms with E-state index in [9.17, 15) is 9.59 Å². The molecule has 6 heteroatoms. The molecule has 1 aromatic heterocycles. The number of rotatable bonds is 4. The lowest BCUT2D eigenvalue weighted by molar-refractivity contribution is 0.0674. The van der Waals surface area contributed by atoms with Crippen LogP contribution in [-0.2, 0) is 6.61 Å². The Hall–Kier alpha value is -2.08. The van der Waals surface area contributed by atoms with Crippen LogP contribution in [0.3, 0.4) is 0 Å². The molecule has 1 N–H and O–H groups in total. The molecule has 0 bridgehead atoms. The van der Waals surface area contributed by atoms with Crippen molar-refractivity contribution in [1.29, 1.82) is 0 Å². The van der Waals surface area contributed by atoms with Crippen molar-refractivity contribution in [2.24, 2.45) is 0 Å². The first-order valence-electron chi connectivity index (χ1n) is 5.40. The van der Waals surface area contributed by atoms with E-state index in [1.54, 1.807) is 0 Å². The van der Waals surface area contributed by atoms with Gasteiger partial charge in [0.1, 0.15) is 6.61 Å². The quantitative estimate of drug-likeness (QED) is 0.933. The van der Waals surface area contributed by atoms with Crippen molar-refractivity contribution in [1.82, 2.24) is 4.73 Å². The lowest BCUT2D eigenvalue weighted by Crippen LogP contribution is -2.26. The third-order valence-corrected chi connectivity index (χ3v) is 2.88. The molecular formula is C13H10BrNO4. The molecule has 2 aromatic rings. The number of benzene rings is 1. The summed E-state index contributed by atoms with van der Waals surface area (Å²) in [5, 5.41) is 8.84. The molecule has 5 nitrogen and oxygen atoms in total.